The third-order valence-corrected chi connectivity index (χ3v) is 4.85. The van der Waals surface area contributed by atoms with Crippen LogP contribution in [-0.4, -0.2) is 35.9 Å². The standard InChI is InChI=1S/C22H27BrN2O3/c1-15(2)24-22(27)16(3)25(14-18-6-5-7-19(23)12-18)21(26)13-17-8-10-20(28-4)11-9-17/h5-12,15-16H,13-14H2,1-4H3,(H,24,27). The first kappa shape index (κ1) is 22.0. The van der Waals surface area contributed by atoms with Crippen LogP contribution in [0.4, 0.5) is 0 Å². The van der Waals surface area contributed by atoms with Crippen LogP contribution in [0.5, 0.6) is 5.75 Å². The van der Waals surface area contributed by atoms with Crippen molar-refractivity contribution in [1.29, 1.82) is 0 Å². The predicted octanol–water partition coefficient (Wildman–Crippen LogP) is 3.94. The van der Waals surface area contributed by atoms with Crippen LogP contribution in [0.25, 0.3) is 0 Å². The Hall–Kier alpha value is -2.34. The number of carbonyl (C=O) groups excluding carboxylic acids is 2. The molecule has 2 aromatic carbocycles. The van der Waals surface area contributed by atoms with Gasteiger partial charge in [-0.2, -0.15) is 0 Å². The summed E-state index contributed by atoms with van der Waals surface area (Å²) in [7, 11) is 1.61. The lowest BCUT2D eigenvalue weighted by Crippen LogP contribution is -2.49. The van der Waals surface area contributed by atoms with Crippen molar-refractivity contribution in [3.05, 3.63) is 64.1 Å². The molecule has 0 saturated carbocycles. The summed E-state index contributed by atoms with van der Waals surface area (Å²) in [6, 6.07) is 14.6. The number of methoxy groups -OCH3 is 1. The van der Waals surface area contributed by atoms with E-state index < -0.39 is 6.04 Å². The Bertz CT molecular complexity index is 806. The zero-order chi connectivity index (χ0) is 20.7. The smallest absolute Gasteiger partial charge is 0.242 e. The molecular weight excluding hydrogens is 420 g/mol. The monoisotopic (exact) mass is 446 g/mol. The van der Waals surface area contributed by atoms with Gasteiger partial charge < -0.3 is 15.0 Å². The molecule has 5 nitrogen and oxygen atoms in total. The second-order valence-electron chi connectivity index (χ2n) is 7.02. The summed E-state index contributed by atoms with van der Waals surface area (Å²) in [5.41, 5.74) is 1.84. The van der Waals surface area contributed by atoms with E-state index in [0.29, 0.717) is 6.54 Å². The van der Waals surface area contributed by atoms with Crippen molar-refractivity contribution in [2.24, 2.45) is 0 Å². The average molecular weight is 447 g/mol. The van der Waals surface area contributed by atoms with Crippen LogP contribution in [0.1, 0.15) is 31.9 Å². The second-order valence-corrected chi connectivity index (χ2v) is 7.93. The Balaban J connectivity index is 2.22. The molecule has 1 atom stereocenters. The van der Waals surface area contributed by atoms with Crippen LogP contribution in [0.2, 0.25) is 0 Å². The molecule has 0 heterocycles. The van der Waals surface area contributed by atoms with Crippen molar-refractivity contribution >= 4 is 27.7 Å². The fraction of sp³-hybridized carbons (Fsp3) is 0.364. The molecule has 0 aliphatic rings. The molecule has 0 aromatic heterocycles. The summed E-state index contributed by atoms with van der Waals surface area (Å²) in [6.45, 7) is 5.94. The molecule has 1 N–H and O–H groups in total. The Morgan fingerprint density at radius 3 is 2.32 bits per heavy atom. The highest BCUT2D eigenvalue weighted by Crippen LogP contribution is 2.17. The van der Waals surface area contributed by atoms with Crippen LogP contribution in [-0.2, 0) is 22.6 Å². The molecule has 0 saturated heterocycles. The Morgan fingerprint density at radius 2 is 1.75 bits per heavy atom. The number of carbonyl (C=O) groups is 2. The fourth-order valence-corrected chi connectivity index (χ4v) is 3.29. The normalized spacial score (nSPS) is 11.8. The molecule has 0 aliphatic heterocycles. The Labute approximate surface area is 175 Å². The highest BCUT2D eigenvalue weighted by Gasteiger charge is 2.26. The van der Waals surface area contributed by atoms with Crippen molar-refractivity contribution in [1.82, 2.24) is 10.2 Å². The van der Waals surface area contributed by atoms with Gasteiger partial charge in [-0.1, -0.05) is 40.2 Å². The van der Waals surface area contributed by atoms with Gasteiger partial charge in [0.25, 0.3) is 0 Å². The lowest BCUT2D eigenvalue weighted by molar-refractivity contribution is -0.140. The van der Waals surface area contributed by atoms with E-state index in [-0.39, 0.29) is 24.3 Å². The van der Waals surface area contributed by atoms with Crippen molar-refractivity contribution in [2.45, 2.75) is 45.8 Å². The van der Waals surface area contributed by atoms with Gasteiger partial charge in [0, 0.05) is 17.1 Å². The number of amides is 2. The number of halogens is 1. The van der Waals surface area contributed by atoms with Crippen LogP contribution in [0.3, 0.4) is 0 Å². The topological polar surface area (TPSA) is 58.6 Å². The molecule has 2 amide bonds. The summed E-state index contributed by atoms with van der Waals surface area (Å²) < 4.78 is 6.10. The number of ether oxygens (including phenoxy) is 1. The van der Waals surface area contributed by atoms with Crippen LogP contribution >= 0.6 is 15.9 Å². The highest BCUT2D eigenvalue weighted by atomic mass is 79.9. The molecule has 28 heavy (non-hydrogen) atoms. The van der Waals surface area contributed by atoms with Gasteiger partial charge in [0.1, 0.15) is 11.8 Å². The largest absolute Gasteiger partial charge is 0.497 e. The first-order chi connectivity index (χ1) is 13.3. The minimum Gasteiger partial charge on any atom is -0.497 e. The minimum atomic E-state index is -0.577. The zero-order valence-electron chi connectivity index (χ0n) is 16.7. The van der Waals surface area contributed by atoms with E-state index in [4.69, 9.17) is 4.74 Å². The van der Waals surface area contributed by atoms with Crippen molar-refractivity contribution in [3.63, 3.8) is 0 Å². The third kappa shape index (κ3) is 6.37. The number of benzene rings is 2. The molecule has 0 aliphatic carbocycles. The van der Waals surface area contributed by atoms with E-state index >= 15 is 0 Å². The SMILES string of the molecule is COc1ccc(CC(=O)N(Cc2cccc(Br)c2)C(C)C(=O)NC(C)C)cc1. The van der Waals surface area contributed by atoms with Gasteiger partial charge in [0.2, 0.25) is 11.8 Å². The van der Waals surface area contributed by atoms with E-state index in [1.54, 1.807) is 18.9 Å². The van der Waals surface area contributed by atoms with Crippen LogP contribution in [0.15, 0.2) is 53.0 Å². The van der Waals surface area contributed by atoms with Crippen molar-refractivity contribution in [2.75, 3.05) is 7.11 Å². The summed E-state index contributed by atoms with van der Waals surface area (Å²) in [5.74, 6) is 0.483. The summed E-state index contributed by atoms with van der Waals surface area (Å²) in [5, 5.41) is 2.90. The first-order valence-corrected chi connectivity index (χ1v) is 10.1. The van der Waals surface area contributed by atoms with Crippen LogP contribution < -0.4 is 10.1 Å². The summed E-state index contributed by atoms with van der Waals surface area (Å²) in [4.78, 5) is 27.3. The molecule has 0 radical (unpaired) electrons. The number of nitrogens with zero attached hydrogens (tertiary/aromatic N) is 1. The predicted molar refractivity (Wildman–Crippen MR) is 114 cm³/mol. The number of hydrogen-bond acceptors (Lipinski definition) is 3. The number of nitrogens with one attached hydrogen (secondary N) is 1. The summed E-state index contributed by atoms with van der Waals surface area (Å²) in [6.07, 6.45) is 0.220. The molecule has 2 rings (SSSR count). The maximum atomic E-state index is 13.1. The molecule has 0 fully saturated rings. The fourth-order valence-electron chi connectivity index (χ4n) is 2.84. The first-order valence-electron chi connectivity index (χ1n) is 9.27. The van der Waals surface area contributed by atoms with Gasteiger partial charge in [-0.3, -0.25) is 9.59 Å². The molecule has 1 unspecified atom stereocenters. The second kappa shape index (κ2) is 10.3. The van der Waals surface area contributed by atoms with Gasteiger partial charge in [-0.25, -0.2) is 0 Å². The molecular formula is C22H27BrN2O3. The lowest BCUT2D eigenvalue weighted by atomic mass is 10.1. The lowest BCUT2D eigenvalue weighted by Gasteiger charge is -2.29. The van der Waals surface area contributed by atoms with E-state index in [0.717, 1.165) is 21.3 Å². The van der Waals surface area contributed by atoms with Crippen molar-refractivity contribution in [3.8, 4) is 5.75 Å². The van der Waals surface area contributed by atoms with E-state index in [9.17, 15) is 9.59 Å². The molecule has 0 spiro atoms. The number of hydrogen-bond donors (Lipinski definition) is 1. The van der Waals surface area contributed by atoms with Gasteiger partial charge >= 0.3 is 0 Å². The molecule has 6 heteroatoms. The minimum absolute atomic E-state index is 0.0133. The Morgan fingerprint density at radius 1 is 1.07 bits per heavy atom. The number of rotatable bonds is 8. The third-order valence-electron chi connectivity index (χ3n) is 4.35. The van der Waals surface area contributed by atoms with E-state index in [1.165, 1.54) is 0 Å². The van der Waals surface area contributed by atoms with Crippen LogP contribution in [0, 0.1) is 0 Å². The quantitative estimate of drug-likeness (QED) is 0.667. The van der Waals surface area contributed by atoms with E-state index in [2.05, 4.69) is 21.2 Å². The zero-order valence-corrected chi connectivity index (χ0v) is 18.3. The Kier molecular flexibility index (Phi) is 8.05. The average Bonchev–Trinajstić information content (AvgIpc) is 2.65. The summed E-state index contributed by atoms with van der Waals surface area (Å²) >= 11 is 3.46. The maximum Gasteiger partial charge on any atom is 0.242 e. The highest BCUT2D eigenvalue weighted by molar-refractivity contribution is 9.10. The van der Waals surface area contributed by atoms with Crippen molar-refractivity contribution < 1.29 is 14.3 Å². The van der Waals surface area contributed by atoms with Gasteiger partial charge in [-0.05, 0) is 56.2 Å². The van der Waals surface area contributed by atoms with Gasteiger partial charge in [0.15, 0.2) is 0 Å². The molecule has 0 bridgehead atoms. The van der Waals surface area contributed by atoms with Gasteiger partial charge in [0.05, 0.1) is 13.5 Å². The maximum absolute atomic E-state index is 13.1. The molecule has 150 valence electrons. The van der Waals surface area contributed by atoms with E-state index in [1.807, 2.05) is 62.4 Å². The van der Waals surface area contributed by atoms with Gasteiger partial charge in [-0.15, -0.1) is 0 Å². The molecule has 2 aromatic rings.